The van der Waals surface area contributed by atoms with Crippen LogP contribution in [0.1, 0.15) is 25.7 Å². The van der Waals surface area contributed by atoms with Crippen molar-refractivity contribution in [2.75, 3.05) is 6.26 Å². The van der Waals surface area contributed by atoms with Crippen molar-refractivity contribution in [3.05, 3.63) is 18.2 Å². The number of thioether (sulfide) groups is 1. The molecule has 0 saturated heterocycles. The summed E-state index contributed by atoms with van der Waals surface area (Å²) in [5, 5.41) is 0. The molecule has 0 aromatic carbocycles. The molecule has 0 aliphatic rings. The molecule has 0 bridgehead atoms. The highest BCUT2D eigenvalue weighted by molar-refractivity contribution is 7.97. The number of imidazole rings is 1. The van der Waals surface area contributed by atoms with E-state index in [1.165, 1.54) is 5.82 Å². The number of hydrogen-bond donors (Lipinski definition) is 0. The number of rotatable bonds is 3. The normalized spacial score (nSPS) is 10.0. The third-order valence-electron chi connectivity index (χ3n) is 1.58. The molecule has 1 aromatic rings. The smallest absolute Gasteiger partial charge is 0.118 e. The third-order valence-corrected chi connectivity index (χ3v) is 2.13. The molecule has 0 aliphatic carbocycles. The van der Waals surface area contributed by atoms with Gasteiger partial charge in [0.25, 0.3) is 0 Å². The molecule has 0 aliphatic heterocycles. The van der Waals surface area contributed by atoms with E-state index in [9.17, 15) is 0 Å². The average molecular weight is 207 g/mol. The standard InChI is InChI=1S/C8H14N2S.ClH/c1-7(2)10-5-4-9-8(10)6-11-3;/h4-5,7H,6H2,1-3H3;1H. The van der Waals surface area contributed by atoms with Gasteiger partial charge in [0.05, 0.1) is 5.75 Å². The van der Waals surface area contributed by atoms with Gasteiger partial charge >= 0.3 is 0 Å². The van der Waals surface area contributed by atoms with Gasteiger partial charge in [-0.15, -0.1) is 12.4 Å². The molecule has 0 saturated carbocycles. The van der Waals surface area contributed by atoms with E-state index in [4.69, 9.17) is 0 Å². The Morgan fingerprint density at radius 3 is 2.75 bits per heavy atom. The van der Waals surface area contributed by atoms with Gasteiger partial charge in [0, 0.05) is 18.4 Å². The Morgan fingerprint density at radius 2 is 2.25 bits per heavy atom. The molecule has 0 radical (unpaired) electrons. The van der Waals surface area contributed by atoms with Crippen molar-refractivity contribution in [3.8, 4) is 0 Å². The van der Waals surface area contributed by atoms with Gasteiger partial charge in [0.2, 0.25) is 0 Å². The van der Waals surface area contributed by atoms with Crippen molar-refractivity contribution in [3.63, 3.8) is 0 Å². The van der Waals surface area contributed by atoms with Crippen LogP contribution in [0.2, 0.25) is 0 Å². The largest absolute Gasteiger partial charge is 0.332 e. The lowest BCUT2D eigenvalue weighted by Crippen LogP contribution is -2.03. The SMILES string of the molecule is CSCc1nccn1C(C)C.Cl. The zero-order valence-electron chi connectivity index (χ0n) is 7.65. The Labute approximate surface area is 84.2 Å². The Balaban J connectivity index is 0.00000121. The van der Waals surface area contributed by atoms with Crippen molar-refractivity contribution in [1.82, 2.24) is 9.55 Å². The van der Waals surface area contributed by atoms with E-state index in [0.29, 0.717) is 6.04 Å². The molecule has 4 heteroatoms. The van der Waals surface area contributed by atoms with Gasteiger partial charge < -0.3 is 4.57 Å². The van der Waals surface area contributed by atoms with Gasteiger partial charge in [0.1, 0.15) is 5.82 Å². The van der Waals surface area contributed by atoms with E-state index in [1.54, 1.807) is 0 Å². The second-order valence-corrected chi connectivity index (χ2v) is 3.64. The molecule has 0 fully saturated rings. The minimum absolute atomic E-state index is 0. The van der Waals surface area contributed by atoms with Crippen LogP contribution in [-0.4, -0.2) is 15.8 Å². The number of aromatic nitrogens is 2. The molecule has 0 unspecified atom stereocenters. The Bertz CT molecular complexity index is 223. The second-order valence-electron chi connectivity index (χ2n) is 2.78. The fourth-order valence-electron chi connectivity index (χ4n) is 1.05. The highest BCUT2D eigenvalue weighted by Gasteiger charge is 2.03. The number of hydrogen-bond acceptors (Lipinski definition) is 2. The molecule has 1 aromatic heterocycles. The lowest BCUT2D eigenvalue weighted by molar-refractivity contribution is 0.580. The lowest BCUT2D eigenvalue weighted by Gasteiger charge is -2.09. The fourth-order valence-corrected chi connectivity index (χ4v) is 1.54. The molecule has 1 heterocycles. The molecule has 0 amide bonds. The minimum Gasteiger partial charge on any atom is -0.332 e. The maximum absolute atomic E-state index is 4.27. The van der Waals surface area contributed by atoms with E-state index in [2.05, 4.69) is 29.7 Å². The monoisotopic (exact) mass is 206 g/mol. The summed E-state index contributed by atoms with van der Waals surface area (Å²) in [5.74, 6) is 2.18. The first-order valence-electron chi connectivity index (χ1n) is 3.76. The molecule has 0 N–H and O–H groups in total. The molecule has 1 rings (SSSR count). The molecule has 70 valence electrons. The summed E-state index contributed by atoms with van der Waals surface area (Å²) >= 11 is 1.81. The van der Waals surface area contributed by atoms with Crippen LogP contribution in [0.4, 0.5) is 0 Å². The Hall–Kier alpha value is -0.150. The summed E-state index contributed by atoms with van der Waals surface area (Å²) in [6.45, 7) is 4.34. The van der Waals surface area contributed by atoms with Gasteiger partial charge in [-0.05, 0) is 20.1 Å². The zero-order valence-corrected chi connectivity index (χ0v) is 9.28. The number of nitrogens with zero attached hydrogens (tertiary/aromatic N) is 2. The summed E-state index contributed by atoms with van der Waals surface area (Å²) in [6, 6.07) is 0.527. The molecule has 12 heavy (non-hydrogen) atoms. The van der Waals surface area contributed by atoms with Crippen LogP contribution in [0.15, 0.2) is 12.4 Å². The van der Waals surface area contributed by atoms with Gasteiger partial charge in [0.15, 0.2) is 0 Å². The van der Waals surface area contributed by atoms with Crippen molar-refractivity contribution in [2.24, 2.45) is 0 Å². The van der Waals surface area contributed by atoms with Crippen LogP contribution >= 0.6 is 24.2 Å². The number of halogens is 1. The summed E-state index contributed by atoms with van der Waals surface area (Å²) in [6.07, 6.45) is 6.00. The van der Waals surface area contributed by atoms with Crippen molar-refractivity contribution < 1.29 is 0 Å². The minimum atomic E-state index is 0. The first kappa shape index (κ1) is 11.8. The molecular formula is C8H15ClN2S. The highest BCUT2D eigenvalue weighted by atomic mass is 35.5. The van der Waals surface area contributed by atoms with Crippen molar-refractivity contribution >= 4 is 24.2 Å². The first-order valence-corrected chi connectivity index (χ1v) is 5.15. The maximum atomic E-state index is 4.27. The van der Waals surface area contributed by atoms with Gasteiger partial charge in [-0.25, -0.2) is 4.98 Å². The van der Waals surface area contributed by atoms with Crippen LogP contribution in [0.25, 0.3) is 0 Å². The third kappa shape index (κ3) is 2.72. The van der Waals surface area contributed by atoms with Crippen LogP contribution in [0.3, 0.4) is 0 Å². The summed E-state index contributed by atoms with van der Waals surface area (Å²) in [4.78, 5) is 4.27. The Kier molecular flexibility index (Phi) is 5.42. The maximum Gasteiger partial charge on any atom is 0.118 e. The summed E-state index contributed by atoms with van der Waals surface area (Å²) < 4.78 is 2.20. The Morgan fingerprint density at radius 1 is 1.58 bits per heavy atom. The van der Waals surface area contributed by atoms with Gasteiger partial charge in [-0.1, -0.05) is 0 Å². The first-order chi connectivity index (χ1) is 5.25. The zero-order chi connectivity index (χ0) is 8.27. The lowest BCUT2D eigenvalue weighted by atomic mass is 10.4. The van der Waals surface area contributed by atoms with E-state index in [0.717, 1.165) is 5.75 Å². The van der Waals surface area contributed by atoms with Crippen LogP contribution < -0.4 is 0 Å². The predicted octanol–water partition coefficient (Wildman–Crippen LogP) is 2.75. The predicted molar refractivity (Wildman–Crippen MR) is 57.1 cm³/mol. The van der Waals surface area contributed by atoms with E-state index >= 15 is 0 Å². The van der Waals surface area contributed by atoms with Crippen LogP contribution in [-0.2, 0) is 5.75 Å². The molecule has 0 atom stereocenters. The van der Waals surface area contributed by atoms with Gasteiger partial charge in [-0.3, -0.25) is 0 Å². The quantitative estimate of drug-likeness (QED) is 0.757. The van der Waals surface area contributed by atoms with Crippen molar-refractivity contribution in [1.29, 1.82) is 0 Å². The molecular weight excluding hydrogens is 192 g/mol. The second kappa shape index (κ2) is 5.49. The highest BCUT2D eigenvalue weighted by Crippen LogP contribution is 2.12. The summed E-state index contributed by atoms with van der Waals surface area (Å²) in [5.41, 5.74) is 0. The van der Waals surface area contributed by atoms with Crippen LogP contribution in [0, 0.1) is 0 Å². The van der Waals surface area contributed by atoms with E-state index < -0.39 is 0 Å². The van der Waals surface area contributed by atoms with Gasteiger partial charge in [-0.2, -0.15) is 11.8 Å². The topological polar surface area (TPSA) is 17.8 Å². The fraction of sp³-hybridized carbons (Fsp3) is 0.625. The van der Waals surface area contributed by atoms with Crippen molar-refractivity contribution in [2.45, 2.75) is 25.6 Å². The summed E-state index contributed by atoms with van der Waals surface area (Å²) in [7, 11) is 0. The molecule has 2 nitrogen and oxygen atoms in total. The van der Waals surface area contributed by atoms with E-state index in [1.807, 2.05) is 24.2 Å². The van der Waals surface area contributed by atoms with Crippen LogP contribution in [0.5, 0.6) is 0 Å². The van der Waals surface area contributed by atoms with E-state index in [-0.39, 0.29) is 12.4 Å². The average Bonchev–Trinajstić information content (AvgIpc) is 2.36. The molecule has 0 spiro atoms.